The molecular formula is C22H28N2O3. The predicted octanol–water partition coefficient (Wildman–Crippen LogP) is 4.52. The number of fused-ring (bicyclic) bond motifs is 1. The maximum atomic E-state index is 13.6. The Morgan fingerprint density at radius 1 is 1.11 bits per heavy atom. The van der Waals surface area contributed by atoms with Crippen LogP contribution >= 0.6 is 0 Å². The number of benzene rings is 1. The van der Waals surface area contributed by atoms with Crippen LogP contribution in [0.15, 0.2) is 36.5 Å². The molecule has 4 rings (SSSR count). The Labute approximate surface area is 160 Å². The summed E-state index contributed by atoms with van der Waals surface area (Å²) in [6.07, 6.45) is 6.50. The highest BCUT2D eigenvalue weighted by molar-refractivity contribution is 5.97. The number of hydrogen-bond acceptors (Lipinski definition) is 4. The van der Waals surface area contributed by atoms with Crippen molar-refractivity contribution in [3.8, 4) is 0 Å². The highest BCUT2D eigenvalue weighted by Gasteiger charge is 2.61. The van der Waals surface area contributed by atoms with Gasteiger partial charge in [-0.2, -0.15) is 0 Å². The van der Waals surface area contributed by atoms with Gasteiger partial charge in [0.25, 0.3) is 0 Å². The fourth-order valence-corrected chi connectivity index (χ4v) is 4.87. The van der Waals surface area contributed by atoms with E-state index >= 15 is 0 Å². The van der Waals surface area contributed by atoms with Crippen LogP contribution in [-0.4, -0.2) is 29.9 Å². The smallest absolute Gasteiger partial charge is 0.236 e. The minimum Gasteiger partial charge on any atom is -0.346 e. The van der Waals surface area contributed by atoms with Crippen LogP contribution in [0.3, 0.4) is 0 Å². The van der Waals surface area contributed by atoms with Crippen molar-refractivity contribution in [1.82, 2.24) is 4.98 Å². The fourth-order valence-electron chi connectivity index (χ4n) is 4.87. The van der Waals surface area contributed by atoms with E-state index in [0.717, 1.165) is 48.7 Å². The molecule has 1 saturated heterocycles. The van der Waals surface area contributed by atoms with Gasteiger partial charge in [0.05, 0.1) is 30.6 Å². The fraction of sp³-hybridized carbons (Fsp3) is 0.545. The number of rotatable bonds is 4. The van der Waals surface area contributed by atoms with Crippen molar-refractivity contribution >= 4 is 22.5 Å². The van der Waals surface area contributed by atoms with E-state index in [1.807, 2.05) is 30.3 Å². The highest BCUT2D eigenvalue weighted by Crippen LogP contribution is 2.53. The highest BCUT2D eigenvalue weighted by atomic mass is 16.7. The van der Waals surface area contributed by atoms with Crippen molar-refractivity contribution in [2.45, 2.75) is 51.7 Å². The minimum absolute atomic E-state index is 0.00474. The molecule has 1 saturated carbocycles. The van der Waals surface area contributed by atoms with E-state index in [9.17, 15) is 4.79 Å². The average Bonchev–Trinajstić information content (AvgIpc) is 3.20. The van der Waals surface area contributed by atoms with Crippen LogP contribution in [0.4, 0.5) is 5.69 Å². The van der Waals surface area contributed by atoms with Gasteiger partial charge in [-0.3, -0.25) is 9.78 Å². The molecule has 2 fully saturated rings. The average molecular weight is 368 g/mol. The molecule has 2 aromatic rings. The lowest BCUT2D eigenvalue weighted by molar-refractivity contribution is -0.263. The molecule has 2 aliphatic rings. The van der Waals surface area contributed by atoms with Crippen LogP contribution in [0.5, 0.6) is 0 Å². The molecule has 1 aliphatic carbocycles. The van der Waals surface area contributed by atoms with E-state index in [4.69, 9.17) is 9.47 Å². The predicted molar refractivity (Wildman–Crippen MR) is 105 cm³/mol. The topological polar surface area (TPSA) is 60.5 Å². The van der Waals surface area contributed by atoms with Gasteiger partial charge in [0.15, 0.2) is 5.79 Å². The molecule has 1 N–H and O–H groups in total. The third kappa shape index (κ3) is 3.03. The van der Waals surface area contributed by atoms with E-state index in [1.54, 1.807) is 6.20 Å². The quantitative estimate of drug-likeness (QED) is 0.862. The first kappa shape index (κ1) is 18.4. The third-order valence-electron chi connectivity index (χ3n) is 6.13. The molecule has 27 heavy (non-hydrogen) atoms. The van der Waals surface area contributed by atoms with Crippen molar-refractivity contribution in [1.29, 1.82) is 0 Å². The van der Waals surface area contributed by atoms with Gasteiger partial charge in [0.1, 0.15) is 5.41 Å². The molecule has 144 valence electrons. The van der Waals surface area contributed by atoms with Crippen LogP contribution < -0.4 is 5.32 Å². The molecule has 1 amide bonds. The van der Waals surface area contributed by atoms with Gasteiger partial charge >= 0.3 is 0 Å². The van der Waals surface area contributed by atoms with E-state index in [1.165, 1.54) is 0 Å². The first-order chi connectivity index (χ1) is 13.1. The Kier molecular flexibility index (Phi) is 4.91. The molecule has 0 atom stereocenters. The number of nitrogens with zero attached hydrogens (tertiary/aromatic N) is 1. The number of carbonyl (C=O) groups is 1. The van der Waals surface area contributed by atoms with Gasteiger partial charge in [-0.05, 0) is 25.0 Å². The number of amides is 1. The number of carbonyl (C=O) groups excluding carboxylic acids is 1. The molecule has 1 aromatic heterocycles. The van der Waals surface area contributed by atoms with Crippen LogP contribution in [0.1, 0.15) is 46.0 Å². The Bertz CT molecular complexity index is 821. The second-order valence-corrected chi connectivity index (χ2v) is 8.03. The summed E-state index contributed by atoms with van der Waals surface area (Å²) >= 11 is 0. The number of ether oxygens (including phenoxy) is 2. The van der Waals surface area contributed by atoms with E-state index in [0.29, 0.717) is 13.2 Å². The van der Waals surface area contributed by atoms with Crippen molar-refractivity contribution in [3.63, 3.8) is 0 Å². The first-order valence-electron chi connectivity index (χ1n) is 10.0. The van der Waals surface area contributed by atoms with Gasteiger partial charge < -0.3 is 14.8 Å². The van der Waals surface area contributed by atoms with Crippen LogP contribution in [0.25, 0.3) is 10.9 Å². The standard InChI is InChI=1S/C22H28N2O3/c1-16(2)22(26-12-13-27-22)21(10-6-3-7-11-21)20(25)24-18-14-17-8-4-5-9-19(17)23-15-18/h4-5,8-9,14-16H,3,6-7,10-13H2,1-2H3,(H,24,25). The number of hydrogen-bond donors (Lipinski definition) is 1. The monoisotopic (exact) mass is 368 g/mol. The van der Waals surface area contributed by atoms with E-state index < -0.39 is 11.2 Å². The summed E-state index contributed by atoms with van der Waals surface area (Å²) in [6.45, 7) is 5.27. The van der Waals surface area contributed by atoms with Crippen LogP contribution in [0.2, 0.25) is 0 Å². The van der Waals surface area contributed by atoms with Gasteiger partial charge in [-0.15, -0.1) is 0 Å². The molecule has 2 heterocycles. The van der Waals surface area contributed by atoms with Crippen molar-refractivity contribution in [3.05, 3.63) is 36.5 Å². The van der Waals surface area contributed by atoms with E-state index in [-0.39, 0.29) is 11.8 Å². The van der Waals surface area contributed by atoms with Gasteiger partial charge in [0.2, 0.25) is 5.91 Å². The van der Waals surface area contributed by atoms with Crippen molar-refractivity contribution in [2.24, 2.45) is 11.3 Å². The molecule has 5 nitrogen and oxygen atoms in total. The summed E-state index contributed by atoms with van der Waals surface area (Å²) in [5.74, 6) is -0.754. The minimum atomic E-state index is -0.845. The summed E-state index contributed by atoms with van der Waals surface area (Å²) < 4.78 is 12.4. The van der Waals surface area contributed by atoms with Gasteiger partial charge in [-0.25, -0.2) is 0 Å². The Balaban J connectivity index is 1.68. The number of aromatic nitrogens is 1. The zero-order valence-corrected chi connectivity index (χ0v) is 16.2. The Morgan fingerprint density at radius 2 is 1.81 bits per heavy atom. The maximum absolute atomic E-state index is 13.6. The lowest BCUT2D eigenvalue weighted by Gasteiger charge is -2.49. The van der Waals surface area contributed by atoms with Crippen LogP contribution in [0, 0.1) is 11.3 Å². The molecular weight excluding hydrogens is 340 g/mol. The number of pyridine rings is 1. The van der Waals surface area contributed by atoms with Crippen molar-refractivity contribution < 1.29 is 14.3 Å². The second kappa shape index (κ2) is 7.21. The molecule has 0 unspecified atom stereocenters. The summed E-state index contributed by atoms with van der Waals surface area (Å²) in [4.78, 5) is 18.1. The Hall–Kier alpha value is -1.98. The maximum Gasteiger partial charge on any atom is 0.236 e. The number of nitrogens with one attached hydrogen (secondary N) is 1. The normalized spacial score (nSPS) is 21.4. The summed E-state index contributed by atoms with van der Waals surface area (Å²) in [5, 5.41) is 4.15. The SMILES string of the molecule is CC(C)C1(C2(C(=O)Nc3cnc4ccccc4c3)CCCCC2)OCCO1. The summed E-state index contributed by atoms with van der Waals surface area (Å²) in [5.41, 5.74) is 0.978. The molecule has 0 spiro atoms. The van der Waals surface area contributed by atoms with Crippen LogP contribution in [-0.2, 0) is 14.3 Å². The number of para-hydroxylation sites is 1. The largest absolute Gasteiger partial charge is 0.346 e. The zero-order valence-electron chi connectivity index (χ0n) is 16.2. The third-order valence-corrected chi connectivity index (χ3v) is 6.13. The van der Waals surface area contributed by atoms with Gasteiger partial charge in [0, 0.05) is 11.3 Å². The van der Waals surface area contributed by atoms with Gasteiger partial charge in [-0.1, -0.05) is 51.3 Å². The Morgan fingerprint density at radius 3 is 2.52 bits per heavy atom. The summed E-state index contributed by atoms with van der Waals surface area (Å²) in [6, 6.07) is 9.90. The molecule has 0 bridgehead atoms. The van der Waals surface area contributed by atoms with E-state index in [2.05, 4.69) is 24.1 Å². The summed E-state index contributed by atoms with van der Waals surface area (Å²) in [7, 11) is 0. The zero-order chi connectivity index (χ0) is 18.9. The molecule has 1 aromatic carbocycles. The van der Waals surface area contributed by atoms with Crippen molar-refractivity contribution in [2.75, 3.05) is 18.5 Å². The molecule has 5 heteroatoms. The first-order valence-corrected chi connectivity index (χ1v) is 10.0. The lowest BCUT2D eigenvalue weighted by Crippen LogP contribution is -2.59. The molecule has 0 radical (unpaired) electrons. The molecule has 1 aliphatic heterocycles. The lowest BCUT2D eigenvalue weighted by atomic mass is 9.64. The number of anilines is 1. The second-order valence-electron chi connectivity index (χ2n) is 8.03.